The fourth-order valence-electron chi connectivity index (χ4n) is 3.85. The molecule has 0 bridgehead atoms. The van der Waals surface area contributed by atoms with Gasteiger partial charge in [-0.3, -0.25) is 13.9 Å². The van der Waals surface area contributed by atoms with Crippen LogP contribution in [0, 0.1) is 13.8 Å². The largest absolute Gasteiger partial charge is 0.352 e. The third-order valence-corrected chi connectivity index (χ3v) is 7.79. The highest BCUT2D eigenvalue weighted by molar-refractivity contribution is 7.92. The number of sulfonamides is 1. The van der Waals surface area contributed by atoms with Crippen LogP contribution in [0.4, 0.5) is 5.69 Å². The summed E-state index contributed by atoms with van der Waals surface area (Å²) >= 11 is 0. The fraction of sp³-hybridized carbons (Fsp3) is 0.310. The van der Waals surface area contributed by atoms with Gasteiger partial charge >= 0.3 is 0 Å². The van der Waals surface area contributed by atoms with Crippen LogP contribution in [0.3, 0.4) is 0 Å². The molecule has 0 saturated heterocycles. The van der Waals surface area contributed by atoms with Crippen LogP contribution in [0.2, 0.25) is 0 Å². The molecule has 1 N–H and O–H groups in total. The number of nitrogens with one attached hydrogen (secondary N) is 1. The van der Waals surface area contributed by atoms with E-state index in [0.717, 1.165) is 21.0 Å². The highest BCUT2D eigenvalue weighted by atomic mass is 32.2. The van der Waals surface area contributed by atoms with Crippen molar-refractivity contribution in [2.75, 3.05) is 10.8 Å². The Morgan fingerprint density at radius 2 is 1.35 bits per heavy atom. The first-order valence-electron chi connectivity index (χ1n) is 12.3. The van der Waals surface area contributed by atoms with E-state index >= 15 is 0 Å². The lowest BCUT2D eigenvalue weighted by atomic mass is 10.1. The fourth-order valence-corrected chi connectivity index (χ4v) is 5.26. The molecule has 0 spiro atoms. The predicted molar refractivity (Wildman–Crippen MR) is 147 cm³/mol. The lowest BCUT2D eigenvalue weighted by molar-refractivity contribution is -0.139. The van der Waals surface area contributed by atoms with Crippen LogP contribution in [-0.2, 0) is 26.2 Å². The molecule has 0 aliphatic heterocycles. The second-order valence-electron chi connectivity index (χ2n) is 9.51. The molecule has 0 aliphatic carbocycles. The maximum Gasteiger partial charge on any atom is 0.264 e. The Balaban J connectivity index is 2.01. The van der Waals surface area contributed by atoms with Crippen LogP contribution in [0.1, 0.15) is 37.5 Å². The summed E-state index contributed by atoms with van der Waals surface area (Å²) in [6, 6.07) is 21.9. The van der Waals surface area contributed by atoms with Crippen LogP contribution in [0.15, 0.2) is 83.8 Å². The van der Waals surface area contributed by atoms with Crippen LogP contribution in [0.5, 0.6) is 0 Å². The minimum atomic E-state index is -4.06. The molecule has 0 heterocycles. The minimum absolute atomic E-state index is 0.0895. The maximum absolute atomic E-state index is 13.8. The molecule has 37 heavy (non-hydrogen) atoms. The van der Waals surface area contributed by atoms with Crippen LogP contribution >= 0.6 is 0 Å². The highest BCUT2D eigenvalue weighted by Crippen LogP contribution is 2.25. The average molecular weight is 522 g/mol. The van der Waals surface area contributed by atoms with Gasteiger partial charge in [0.05, 0.1) is 10.6 Å². The number of amides is 2. The van der Waals surface area contributed by atoms with Crippen molar-refractivity contribution >= 4 is 27.5 Å². The molecule has 3 aromatic carbocycles. The quantitative estimate of drug-likeness (QED) is 0.427. The molecule has 196 valence electrons. The van der Waals surface area contributed by atoms with E-state index in [1.807, 2.05) is 58.0 Å². The van der Waals surface area contributed by atoms with Gasteiger partial charge in [-0.05, 0) is 64.4 Å². The van der Waals surface area contributed by atoms with Gasteiger partial charge in [0.1, 0.15) is 12.6 Å². The van der Waals surface area contributed by atoms with Gasteiger partial charge in [-0.2, -0.15) is 0 Å². The van der Waals surface area contributed by atoms with Crippen molar-refractivity contribution in [3.05, 3.63) is 95.6 Å². The zero-order chi connectivity index (χ0) is 27.2. The van der Waals surface area contributed by atoms with Crippen molar-refractivity contribution in [3.63, 3.8) is 0 Å². The Labute approximate surface area is 220 Å². The Bertz CT molecular complexity index is 1310. The van der Waals surface area contributed by atoms with E-state index in [1.165, 1.54) is 17.0 Å². The Hall–Kier alpha value is -3.65. The van der Waals surface area contributed by atoms with Gasteiger partial charge in [0.25, 0.3) is 10.0 Å². The number of hydrogen-bond donors (Lipinski definition) is 1. The molecule has 7 nitrogen and oxygen atoms in total. The highest BCUT2D eigenvalue weighted by Gasteiger charge is 2.32. The number of carbonyl (C=O) groups is 2. The SMILES string of the molecule is Cc1ccc(N(CC(=O)N(Cc2ccccc2)C(C)C(=O)NC(C)C)S(=O)(=O)c2ccc(C)cc2)cc1. The number of carbonyl (C=O) groups excluding carboxylic acids is 2. The summed E-state index contributed by atoms with van der Waals surface area (Å²) in [6.07, 6.45) is 0. The van der Waals surface area contributed by atoms with E-state index in [1.54, 1.807) is 43.3 Å². The van der Waals surface area contributed by atoms with Gasteiger partial charge in [-0.1, -0.05) is 65.7 Å². The molecule has 3 aromatic rings. The summed E-state index contributed by atoms with van der Waals surface area (Å²) < 4.78 is 28.7. The summed E-state index contributed by atoms with van der Waals surface area (Å²) in [5, 5.41) is 2.85. The Morgan fingerprint density at radius 1 is 0.811 bits per heavy atom. The van der Waals surface area contributed by atoms with Gasteiger partial charge in [-0.15, -0.1) is 0 Å². The summed E-state index contributed by atoms with van der Waals surface area (Å²) in [4.78, 5) is 28.2. The van der Waals surface area contributed by atoms with Crippen molar-refractivity contribution in [1.82, 2.24) is 10.2 Å². The number of rotatable bonds is 10. The van der Waals surface area contributed by atoms with Crippen molar-refractivity contribution < 1.29 is 18.0 Å². The summed E-state index contributed by atoms with van der Waals surface area (Å²) in [7, 11) is -4.06. The molecule has 2 amide bonds. The van der Waals surface area contributed by atoms with Crippen LogP contribution in [-0.4, -0.2) is 43.8 Å². The summed E-state index contributed by atoms with van der Waals surface area (Å²) in [5.41, 5.74) is 3.10. The molecule has 1 unspecified atom stereocenters. The first-order valence-corrected chi connectivity index (χ1v) is 13.7. The van der Waals surface area contributed by atoms with Gasteiger partial charge in [-0.25, -0.2) is 8.42 Å². The molecule has 8 heteroatoms. The molecule has 0 aromatic heterocycles. The van der Waals surface area contributed by atoms with E-state index in [9.17, 15) is 18.0 Å². The smallest absolute Gasteiger partial charge is 0.264 e. The van der Waals surface area contributed by atoms with Crippen molar-refractivity contribution in [2.45, 2.75) is 58.1 Å². The first kappa shape index (κ1) is 27.9. The predicted octanol–water partition coefficient (Wildman–Crippen LogP) is 4.44. The monoisotopic (exact) mass is 521 g/mol. The van der Waals surface area contributed by atoms with E-state index in [0.29, 0.717) is 5.69 Å². The zero-order valence-electron chi connectivity index (χ0n) is 22.0. The number of hydrogen-bond acceptors (Lipinski definition) is 4. The molecule has 0 saturated carbocycles. The summed E-state index contributed by atoms with van der Waals surface area (Å²) in [5.74, 6) is -0.783. The number of anilines is 1. The molecule has 1 atom stereocenters. The molecule has 0 aliphatic rings. The zero-order valence-corrected chi connectivity index (χ0v) is 22.8. The van der Waals surface area contributed by atoms with Gasteiger partial charge < -0.3 is 10.2 Å². The summed E-state index contributed by atoms with van der Waals surface area (Å²) in [6.45, 7) is 8.85. The van der Waals surface area contributed by atoms with Crippen LogP contribution in [0.25, 0.3) is 0 Å². The molecule has 3 rings (SSSR count). The van der Waals surface area contributed by atoms with E-state index in [2.05, 4.69) is 5.32 Å². The van der Waals surface area contributed by atoms with Gasteiger partial charge in [0.2, 0.25) is 11.8 Å². The third-order valence-electron chi connectivity index (χ3n) is 6.00. The van der Waals surface area contributed by atoms with E-state index in [-0.39, 0.29) is 23.4 Å². The second kappa shape index (κ2) is 12.1. The number of nitrogens with zero attached hydrogens (tertiary/aromatic N) is 2. The van der Waals surface area contributed by atoms with E-state index < -0.39 is 28.5 Å². The van der Waals surface area contributed by atoms with E-state index in [4.69, 9.17) is 0 Å². The minimum Gasteiger partial charge on any atom is -0.352 e. The second-order valence-corrected chi connectivity index (χ2v) is 11.4. The topological polar surface area (TPSA) is 86.8 Å². The number of aryl methyl sites for hydroxylation is 2. The lowest BCUT2D eigenvalue weighted by Crippen LogP contribution is -2.52. The lowest BCUT2D eigenvalue weighted by Gasteiger charge is -2.32. The maximum atomic E-state index is 13.8. The standard InChI is InChI=1S/C29H35N3O4S/c1-21(2)30-29(34)24(5)31(19-25-9-7-6-8-10-25)28(33)20-32(26-15-11-22(3)12-16-26)37(35,36)27-17-13-23(4)14-18-27/h6-18,21,24H,19-20H2,1-5H3,(H,30,34). The molecule has 0 fully saturated rings. The van der Waals surface area contributed by atoms with Gasteiger partial charge in [0.15, 0.2) is 0 Å². The van der Waals surface area contributed by atoms with Crippen molar-refractivity contribution in [2.24, 2.45) is 0 Å². The molecular weight excluding hydrogens is 486 g/mol. The normalized spacial score (nSPS) is 12.2. The molecule has 0 radical (unpaired) electrons. The van der Waals surface area contributed by atoms with Crippen molar-refractivity contribution in [1.29, 1.82) is 0 Å². The van der Waals surface area contributed by atoms with Crippen LogP contribution < -0.4 is 9.62 Å². The molecular formula is C29H35N3O4S. The van der Waals surface area contributed by atoms with Crippen molar-refractivity contribution in [3.8, 4) is 0 Å². The number of benzene rings is 3. The first-order chi connectivity index (χ1) is 17.5. The Kier molecular flexibility index (Phi) is 9.10. The Morgan fingerprint density at radius 3 is 1.89 bits per heavy atom. The average Bonchev–Trinajstić information content (AvgIpc) is 2.86. The van der Waals surface area contributed by atoms with Gasteiger partial charge in [0, 0.05) is 12.6 Å². The third kappa shape index (κ3) is 7.20.